The maximum absolute atomic E-state index is 12.5. The molecule has 1 aromatic rings. The number of benzene rings is 1. The normalized spacial score (nSPS) is 17.9. The Bertz CT molecular complexity index is 490. The third-order valence-electron chi connectivity index (χ3n) is 4.37. The van der Waals surface area contributed by atoms with Gasteiger partial charge in [0.25, 0.3) is 5.91 Å². The van der Waals surface area contributed by atoms with Gasteiger partial charge in [0.1, 0.15) is 5.60 Å². The average molecular weight is 406 g/mol. The highest BCUT2D eigenvalue weighted by Gasteiger charge is 2.39. The van der Waals surface area contributed by atoms with Gasteiger partial charge in [-0.15, -0.1) is 12.4 Å². The van der Waals surface area contributed by atoms with Crippen molar-refractivity contribution >= 4 is 34.2 Å². The van der Waals surface area contributed by atoms with Gasteiger partial charge in [-0.1, -0.05) is 28.1 Å². The highest BCUT2D eigenvalue weighted by atomic mass is 79.9. The summed E-state index contributed by atoms with van der Waals surface area (Å²) in [4.78, 5) is 12.5. The molecule has 4 nitrogen and oxygen atoms in total. The number of aryl methyl sites for hydroxylation is 1. The van der Waals surface area contributed by atoms with Gasteiger partial charge in [-0.05, 0) is 63.4 Å². The van der Waals surface area contributed by atoms with Crippen LogP contribution in [0.15, 0.2) is 28.7 Å². The van der Waals surface area contributed by atoms with Gasteiger partial charge in [-0.2, -0.15) is 0 Å². The third kappa shape index (κ3) is 5.75. The van der Waals surface area contributed by atoms with Crippen molar-refractivity contribution in [3.8, 4) is 0 Å². The lowest BCUT2D eigenvalue weighted by atomic mass is 9.90. The van der Waals surface area contributed by atoms with Crippen molar-refractivity contribution in [2.24, 2.45) is 0 Å². The van der Waals surface area contributed by atoms with Crippen LogP contribution in [0, 0.1) is 0 Å². The van der Waals surface area contributed by atoms with Crippen molar-refractivity contribution in [3.63, 3.8) is 0 Å². The molecular formula is C17H26BrClN2O2. The molecular weight excluding hydrogens is 380 g/mol. The van der Waals surface area contributed by atoms with Gasteiger partial charge < -0.3 is 15.4 Å². The SMILES string of the molecule is COC1(C(=O)NC(C)CCc2ccc(Br)cc2)CCNCC1.Cl. The molecule has 0 aromatic heterocycles. The predicted molar refractivity (Wildman–Crippen MR) is 99.2 cm³/mol. The smallest absolute Gasteiger partial charge is 0.252 e. The van der Waals surface area contributed by atoms with Crippen LogP contribution in [0.2, 0.25) is 0 Å². The van der Waals surface area contributed by atoms with E-state index in [1.165, 1.54) is 5.56 Å². The van der Waals surface area contributed by atoms with E-state index in [2.05, 4.69) is 45.6 Å². The number of halogens is 2. The van der Waals surface area contributed by atoms with Crippen LogP contribution in [0.1, 0.15) is 31.7 Å². The Morgan fingerprint density at radius 3 is 2.52 bits per heavy atom. The van der Waals surface area contributed by atoms with Crippen LogP contribution in [0.3, 0.4) is 0 Å². The van der Waals surface area contributed by atoms with Crippen molar-refractivity contribution in [1.82, 2.24) is 10.6 Å². The molecule has 1 unspecified atom stereocenters. The summed E-state index contributed by atoms with van der Waals surface area (Å²) in [6.07, 6.45) is 3.34. The number of amides is 1. The molecule has 0 bridgehead atoms. The van der Waals surface area contributed by atoms with Crippen LogP contribution in [0.5, 0.6) is 0 Å². The lowest BCUT2D eigenvalue weighted by Gasteiger charge is -2.35. The lowest BCUT2D eigenvalue weighted by molar-refractivity contribution is -0.147. The third-order valence-corrected chi connectivity index (χ3v) is 4.90. The van der Waals surface area contributed by atoms with Crippen molar-refractivity contribution in [2.75, 3.05) is 20.2 Å². The fourth-order valence-electron chi connectivity index (χ4n) is 2.82. The number of carbonyl (C=O) groups excluding carboxylic acids is 1. The average Bonchev–Trinajstić information content (AvgIpc) is 2.55. The molecule has 1 aromatic carbocycles. The van der Waals surface area contributed by atoms with Crippen molar-refractivity contribution in [2.45, 2.75) is 44.2 Å². The number of hydrogen-bond acceptors (Lipinski definition) is 3. The molecule has 2 N–H and O–H groups in total. The molecule has 1 atom stereocenters. The van der Waals surface area contributed by atoms with Crippen LogP contribution in [0.25, 0.3) is 0 Å². The summed E-state index contributed by atoms with van der Waals surface area (Å²) in [6.45, 7) is 3.71. The quantitative estimate of drug-likeness (QED) is 0.765. The molecule has 1 heterocycles. The molecule has 1 amide bonds. The van der Waals surface area contributed by atoms with E-state index in [0.29, 0.717) is 0 Å². The first-order chi connectivity index (χ1) is 10.6. The molecule has 6 heteroatoms. The topological polar surface area (TPSA) is 50.4 Å². The predicted octanol–water partition coefficient (Wildman–Crippen LogP) is 3.08. The molecule has 1 aliphatic heterocycles. The lowest BCUT2D eigenvalue weighted by Crippen LogP contribution is -2.55. The van der Waals surface area contributed by atoms with E-state index in [1.807, 2.05) is 12.1 Å². The van der Waals surface area contributed by atoms with E-state index in [4.69, 9.17) is 4.74 Å². The molecule has 1 saturated heterocycles. The first-order valence-electron chi connectivity index (χ1n) is 7.87. The molecule has 2 rings (SSSR count). The maximum atomic E-state index is 12.5. The monoisotopic (exact) mass is 404 g/mol. The van der Waals surface area contributed by atoms with Crippen LogP contribution < -0.4 is 10.6 Å². The van der Waals surface area contributed by atoms with Crippen molar-refractivity contribution < 1.29 is 9.53 Å². The highest BCUT2D eigenvalue weighted by Crippen LogP contribution is 2.23. The molecule has 130 valence electrons. The summed E-state index contributed by atoms with van der Waals surface area (Å²) in [6, 6.07) is 8.46. The van der Waals surface area contributed by atoms with Gasteiger partial charge in [0.05, 0.1) is 0 Å². The Morgan fingerprint density at radius 1 is 1.35 bits per heavy atom. The molecule has 1 fully saturated rings. The van der Waals surface area contributed by atoms with Crippen molar-refractivity contribution in [1.29, 1.82) is 0 Å². The zero-order valence-electron chi connectivity index (χ0n) is 13.7. The molecule has 0 aliphatic carbocycles. The molecule has 0 saturated carbocycles. The maximum Gasteiger partial charge on any atom is 0.252 e. The zero-order chi connectivity index (χ0) is 16.0. The van der Waals surface area contributed by atoms with Crippen LogP contribution in [0.4, 0.5) is 0 Å². The van der Waals surface area contributed by atoms with Gasteiger partial charge in [0.2, 0.25) is 0 Å². The van der Waals surface area contributed by atoms with E-state index in [9.17, 15) is 4.79 Å². The second-order valence-electron chi connectivity index (χ2n) is 5.99. The highest BCUT2D eigenvalue weighted by molar-refractivity contribution is 9.10. The molecule has 0 spiro atoms. The first-order valence-corrected chi connectivity index (χ1v) is 8.66. The number of piperidine rings is 1. The Hall–Kier alpha value is -0.620. The van der Waals surface area contributed by atoms with Gasteiger partial charge >= 0.3 is 0 Å². The number of rotatable bonds is 6. The van der Waals surface area contributed by atoms with E-state index in [-0.39, 0.29) is 24.4 Å². The fourth-order valence-corrected chi connectivity index (χ4v) is 3.08. The molecule has 0 radical (unpaired) electrons. The van der Waals surface area contributed by atoms with Gasteiger partial charge in [-0.25, -0.2) is 0 Å². The second-order valence-corrected chi connectivity index (χ2v) is 6.90. The summed E-state index contributed by atoms with van der Waals surface area (Å²) in [5.41, 5.74) is 0.629. The summed E-state index contributed by atoms with van der Waals surface area (Å²) >= 11 is 3.44. The van der Waals surface area contributed by atoms with Crippen molar-refractivity contribution in [3.05, 3.63) is 34.3 Å². The number of nitrogens with one attached hydrogen (secondary N) is 2. The summed E-state index contributed by atoms with van der Waals surface area (Å²) in [5.74, 6) is 0.0276. The largest absolute Gasteiger partial charge is 0.368 e. The minimum atomic E-state index is -0.656. The van der Waals surface area contributed by atoms with E-state index < -0.39 is 5.60 Å². The minimum Gasteiger partial charge on any atom is -0.368 e. The molecule has 1 aliphatic rings. The van der Waals surface area contributed by atoms with Gasteiger partial charge in [0.15, 0.2) is 0 Å². The minimum absolute atomic E-state index is 0. The van der Waals surface area contributed by atoms with Crippen LogP contribution >= 0.6 is 28.3 Å². The van der Waals surface area contributed by atoms with Crippen LogP contribution in [-0.4, -0.2) is 37.7 Å². The second kappa shape index (κ2) is 9.62. The Labute approximate surface area is 153 Å². The Balaban J connectivity index is 0.00000264. The first kappa shape index (κ1) is 20.4. The van der Waals surface area contributed by atoms with Gasteiger partial charge in [-0.3, -0.25) is 4.79 Å². The standard InChI is InChI=1S/C17H25BrN2O2.ClH/c1-13(3-4-14-5-7-15(18)8-6-14)20-16(21)17(22-2)9-11-19-12-10-17;/h5-8,13,19H,3-4,9-12H2,1-2H3,(H,20,21);1H. The summed E-state index contributed by atoms with van der Waals surface area (Å²) in [7, 11) is 1.64. The summed E-state index contributed by atoms with van der Waals surface area (Å²) in [5, 5.41) is 6.39. The number of methoxy groups -OCH3 is 1. The van der Waals surface area contributed by atoms with Gasteiger partial charge in [0, 0.05) is 17.6 Å². The Morgan fingerprint density at radius 2 is 1.96 bits per heavy atom. The fraction of sp³-hybridized carbons (Fsp3) is 0.588. The zero-order valence-corrected chi connectivity index (χ0v) is 16.1. The van der Waals surface area contributed by atoms with E-state index in [1.54, 1.807) is 7.11 Å². The number of hydrogen-bond donors (Lipinski definition) is 2. The van der Waals surface area contributed by atoms with E-state index >= 15 is 0 Å². The number of ether oxygens (including phenoxy) is 1. The van der Waals surface area contributed by atoms with E-state index in [0.717, 1.165) is 43.2 Å². The summed E-state index contributed by atoms with van der Waals surface area (Å²) < 4.78 is 6.65. The molecule has 23 heavy (non-hydrogen) atoms. The van der Waals surface area contributed by atoms with Crippen LogP contribution in [-0.2, 0) is 16.0 Å². The Kier molecular flexibility index (Phi) is 8.54. The number of carbonyl (C=O) groups is 1.